The summed E-state index contributed by atoms with van der Waals surface area (Å²) in [6.45, 7) is 2.05. The van der Waals surface area contributed by atoms with Crippen LogP contribution in [-0.2, 0) is 6.42 Å². The van der Waals surface area contributed by atoms with E-state index >= 15 is 0 Å². The van der Waals surface area contributed by atoms with Crippen molar-refractivity contribution in [1.29, 1.82) is 0 Å². The predicted molar refractivity (Wildman–Crippen MR) is 85.5 cm³/mol. The first-order chi connectivity index (χ1) is 10.7. The zero-order chi connectivity index (χ0) is 15.5. The lowest BCUT2D eigenvalue weighted by molar-refractivity contribution is -0.384. The highest BCUT2D eigenvalue weighted by Gasteiger charge is 2.16. The maximum atomic E-state index is 10.8. The standard InChI is InChI=1S/C17H15N3O2/c1-2-15-16(12-8-10-14(11-9-12)20(21)22)17(19-18-15)13-6-4-3-5-7-13/h3-11H,2H2,1H3,(H,18,19). The summed E-state index contributed by atoms with van der Waals surface area (Å²) in [4.78, 5) is 10.4. The van der Waals surface area contributed by atoms with E-state index in [0.29, 0.717) is 0 Å². The van der Waals surface area contributed by atoms with Crippen LogP contribution in [-0.4, -0.2) is 15.1 Å². The first-order valence-electron chi connectivity index (χ1n) is 7.08. The van der Waals surface area contributed by atoms with Crippen molar-refractivity contribution < 1.29 is 4.92 Å². The minimum absolute atomic E-state index is 0.0894. The fraction of sp³-hybridized carbons (Fsp3) is 0.118. The van der Waals surface area contributed by atoms with Crippen LogP contribution in [0.3, 0.4) is 0 Å². The highest BCUT2D eigenvalue weighted by molar-refractivity contribution is 5.82. The van der Waals surface area contributed by atoms with E-state index in [0.717, 1.165) is 34.5 Å². The summed E-state index contributed by atoms with van der Waals surface area (Å²) in [6.07, 6.45) is 0.812. The van der Waals surface area contributed by atoms with Crippen molar-refractivity contribution in [2.75, 3.05) is 0 Å². The Hall–Kier alpha value is -2.95. The van der Waals surface area contributed by atoms with Gasteiger partial charge in [-0.25, -0.2) is 0 Å². The quantitative estimate of drug-likeness (QED) is 0.578. The number of non-ortho nitro benzene ring substituents is 1. The van der Waals surface area contributed by atoms with E-state index in [-0.39, 0.29) is 5.69 Å². The summed E-state index contributed by atoms with van der Waals surface area (Å²) in [5.41, 5.74) is 4.93. The van der Waals surface area contributed by atoms with Crippen LogP contribution in [0.2, 0.25) is 0 Å². The fourth-order valence-electron chi connectivity index (χ4n) is 2.50. The van der Waals surface area contributed by atoms with Gasteiger partial charge >= 0.3 is 0 Å². The van der Waals surface area contributed by atoms with E-state index < -0.39 is 4.92 Å². The number of benzene rings is 2. The van der Waals surface area contributed by atoms with Crippen molar-refractivity contribution in [2.45, 2.75) is 13.3 Å². The second-order valence-electron chi connectivity index (χ2n) is 4.95. The Morgan fingerprint density at radius 3 is 2.32 bits per heavy atom. The van der Waals surface area contributed by atoms with Crippen LogP contribution in [0.4, 0.5) is 5.69 Å². The van der Waals surface area contributed by atoms with Crippen LogP contribution in [0.1, 0.15) is 12.6 Å². The van der Waals surface area contributed by atoms with Gasteiger partial charge in [0.15, 0.2) is 0 Å². The zero-order valence-electron chi connectivity index (χ0n) is 12.1. The number of aryl methyl sites for hydroxylation is 1. The van der Waals surface area contributed by atoms with Crippen LogP contribution in [0.25, 0.3) is 22.4 Å². The molecule has 0 saturated heterocycles. The molecule has 2 aromatic carbocycles. The summed E-state index contributed by atoms with van der Waals surface area (Å²) in [5, 5.41) is 18.3. The van der Waals surface area contributed by atoms with Crippen molar-refractivity contribution in [3.63, 3.8) is 0 Å². The largest absolute Gasteiger partial charge is 0.281 e. The van der Waals surface area contributed by atoms with Gasteiger partial charge in [0.1, 0.15) is 5.69 Å². The van der Waals surface area contributed by atoms with Gasteiger partial charge in [0.2, 0.25) is 0 Å². The number of rotatable bonds is 4. The third-order valence-electron chi connectivity index (χ3n) is 3.61. The van der Waals surface area contributed by atoms with Gasteiger partial charge in [-0.05, 0) is 24.1 Å². The Bertz CT molecular complexity index is 793. The lowest BCUT2D eigenvalue weighted by Crippen LogP contribution is -1.90. The maximum Gasteiger partial charge on any atom is 0.269 e. The number of nitrogens with one attached hydrogen (secondary N) is 1. The highest BCUT2D eigenvalue weighted by Crippen LogP contribution is 2.34. The van der Waals surface area contributed by atoms with E-state index in [2.05, 4.69) is 17.1 Å². The minimum atomic E-state index is -0.391. The number of hydrogen-bond acceptors (Lipinski definition) is 3. The highest BCUT2D eigenvalue weighted by atomic mass is 16.6. The van der Waals surface area contributed by atoms with Gasteiger partial charge in [-0.3, -0.25) is 15.2 Å². The Morgan fingerprint density at radius 1 is 1.05 bits per heavy atom. The topological polar surface area (TPSA) is 71.8 Å². The summed E-state index contributed by atoms with van der Waals surface area (Å²) in [5.74, 6) is 0. The Morgan fingerprint density at radius 2 is 1.73 bits per heavy atom. The molecule has 1 aromatic heterocycles. The molecule has 0 bridgehead atoms. The van der Waals surface area contributed by atoms with Crippen molar-refractivity contribution in [2.24, 2.45) is 0 Å². The third-order valence-corrected chi connectivity index (χ3v) is 3.61. The number of nitrogens with zero attached hydrogens (tertiary/aromatic N) is 2. The Balaban J connectivity index is 2.13. The molecule has 22 heavy (non-hydrogen) atoms. The van der Waals surface area contributed by atoms with Gasteiger partial charge in [-0.2, -0.15) is 5.10 Å². The monoisotopic (exact) mass is 293 g/mol. The van der Waals surface area contributed by atoms with Crippen molar-refractivity contribution in [1.82, 2.24) is 10.2 Å². The lowest BCUT2D eigenvalue weighted by atomic mass is 9.98. The Kier molecular flexibility index (Phi) is 3.70. The second-order valence-corrected chi connectivity index (χ2v) is 4.95. The molecule has 0 aliphatic carbocycles. The van der Waals surface area contributed by atoms with E-state index in [1.54, 1.807) is 12.1 Å². The second kappa shape index (κ2) is 5.81. The van der Waals surface area contributed by atoms with Crippen LogP contribution in [0.15, 0.2) is 54.6 Å². The minimum Gasteiger partial charge on any atom is -0.281 e. The van der Waals surface area contributed by atoms with Crippen molar-refractivity contribution in [3.8, 4) is 22.4 Å². The molecule has 0 spiro atoms. The number of aromatic nitrogens is 2. The van der Waals surface area contributed by atoms with Crippen molar-refractivity contribution in [3.05, 3.63) is 70.4 Å². The summed E-state index contributed by atoms with van der Waals surface area (Å²) < 4.78 is 0. The van der Waals surface area contributed by atoms with Crippen molar-refractivity contribution >= 4 is 5.69 Å². The molecule has 0 amide bonds. The normalized spacial score (nSPS) is 10.6. The van der Waals surface area contributed by atoms with Crippen LogP contribution >= 0.6 is 0 Å². The van der Waals surface area contributed by atoms with Gasteiger partial charge < -0.3 is 0 Å². The molecule has 1 heterocycles. The van der Waals surface area contributed by atoms with Crippen LogP contribution < -0.4 is 0 Å². The fourth-order valence-corrected chi connectivity index (χ4v) is 2.50. The predicted octanol–water partition coefficient (Wildman–Crippen LogP) is 4.21. The van der Waals surface area contributed by atoms with E-state index in [9.17, 15) is 10.1 Å². The van der Waals surface area contributed by atoms with E-state index in [4.69, 9.17) is 0 Å². The molecule has 5 nitrogen and oxygen atoms in total. The van der Waals surface area contributed by atoms with E-state index in [1.807, 2.05) is 30.3 Å². The average molecular weight is 293 g/mol. The third kappa shape index (κ3) is 2.48. The van der Waals surface area contributed by atoms with Gasteiger partial charge in [0.25, 0.3) is 5.69 Å². The molecular formula is C17H15N3O2. The molecule has 0 atom stereocenters. The molecular weight excluding hydrogens is 278 g/mol. The number of nitro benzene ring substituents is 1. The molecule has 3 aromatic rings. The zero-order valence-corrected chi connectivity index (χ0v) is 12.1. The number of H-pyrrole nitrogens is 1. The van der Waals surface area contributed by atoms with Gasteiger partial charge in [0, 0.05) is 29.0 Å². The first-order valence-corrected chi connectivity index (χ1v) is 7.08. The lowest BCUT2D eigenvalue weighted by Gasteiger charge is -2.05. The molecule has 1 N–H and O–H groups in total. The summed E-state index contributed by atoms with van der Waals surface area (Å²) >= 11 is 0. The molecule has 5 heteroatoms. The molecule has 0 aliphatic rings. The molecule has 3 rings (SSSR count). The van der Waals surface area contributed by atoms with Crippen LogP contribution in [0, 0.1) is 10.1 Å². The SMILES string of the molecule is CCc1[nH]nc(-c2ccccc2)c1-c1ccc([N+](=O)[O-])cc1. The molecule has 0 aliphatic heterocycles. The average Bonchev–Trinajstić information content (AvgIpc) is 2.99. The molecule has 0 radical (unpaired) electrons. The van der Waals surface area contributed by atoms with E-state index in [1.165, 1.54) is 12.1 Å². The molecule has 110 valence electrons. The van der Waals surface area contributed by atoms with Gasteiger partial charge in [0.05, 0.1) is 4.92 Å². The maximum absolute atomic E-state index is 10.8. The first kappa shape index (κ1) is 14.0. The smallest absolute Gasteiger partial charge is 0.269 e. The molecule has 0 fully saturated rings. The number of aromatic amines is 1. The summed E-state index contributed by atoms with van der Waals surface area (Å²) in [6, 6.07) is 16.5. The molecule has 0 unspecified atom stereocenters. The van der Waals surface area contributed by atoms with Crippen LogP contribution in [0.5, 0.6) is 0 Å². The van der Waals surface area contributed by atoms with Gasteiger partial charge in [-0.15, -0.1) is 0 Å². The Labute approximate surface area is 127 Å². The summed E-state index contributed by atoms with van der Waals surface area (Å²) in [7, 11) is 0. The van der Waals surface area contributed by atoms with Gasteiger partial charge in [-0.1, -0.05) is 37.3 Å². The number of nitro groups is 1. The molecule has 0 saturated carbocycles. The number of hydrogen-bond donors (Lipinski definition) is 1.